The van der Waals surface area contributed by atoms with Gasteiger partial charge in [-0.2, -0.15) is 0 Å². The molecule has 0 aliphatic carbocycles. The Hall–Kier alpha value is -3.28. The topological polar surface area (TPSA) is 69.0 Å². The van der Waals surface area contributed by atoms with Gasteiger partial charge in [0.2, 0.25) is 0 Å². The Morgan fingerprint density at radius 2 is 1.77 bits per heavy atom. The lowest BCUT2D eigenvalue weighted by Gasteiger charge is -2.18. The molecule has 0 bridgehead atoms. The lowest BCUT2D eigenvalue weighted by Crippen LogP contribution is -2.30. The molecule has 0 atom stereocenters. The molecule has 6 nitrogen and oxygen atoms in total. The largest absolute Gasteiger partial charge is 0.493 e. The Balaban J connectivity index is 1.86. The molecule has 1 aromatic heterocycles. The van der Waals surface area contributed by atoms with Crippen molar-refractivity contribution in [2.75, 3.05) is 21.3 Å². The van der Waals surface area contributed by atoms with Crippen LogP contribution in [0.2, 0.25) is 0 Å². The summed E-state index contributed by atoms with van der Waals surface area (Å²) in [4.78, 5) is 26.3. The molecular weight excluding hydrogens is 334 g/mol. The number of hydrogen-bond acceptors (Lipinski definition) is 5. The Labute approximate surface area is 150 Å². The number of rotatable bonds is 5. The first-order valence-corrected chi connectivity index (χ1v) is 8.02. The normalized spacial score (nSPS) is 10.6. The van der Waals surface area contributed by atoms with Crippen molar-refractivity contribution in [1.29, 1.82) is 0 Å². The molecule has 0 saturated heterocycles. The summed E-state index contributed by atoms with van der Waals surface area (Å²) in [7, 11) is 4.75. The van der Waals surface area contributed by atoms with E-state index in [9.17, 15) is 9.59 Å². The molecule has 0 saturated carbocycles. The Bertz CT molecular complexity index is 1010. The quantitative estimate of drug-likeness (QED) is 0.659. The van der Waals surface area contributed by atoms with Crippen LogP contribution >= 0.6 is 0 Å². The van der Waals surface area contributed by atoms with Gasteiger partial charge in [-0.15, -0.1) is 0 Å². The van der Waals surface area contributed by atoms with Crippen molar-refractivity contribution in [3.8, 4) is 11.5 Å². The predicted molar refractivity (Wildman–Crippen MR) is 97.8 cm³/mol. The van der Waals surface area contributed by atoms with Crippen LogP contribution in [0.4, 0.5) is 0 Å². The highest BCUT2D eigenvalue weighted by atomic mass is 16.5. The van der Waals surface area contributed by atoms with Crippen molar-refractivity contribution in [2.24, 2.45) is 0 Å². The number of fused-ring (bicyclic) bond motifs is 1. The number of amides is 1. The Morgan fingerprint density at radius 1 is 1.04 bits per heavy atom. The highest BCUT2D eigenvalue weighted by Gasteiger charge is 2.18. The number of nitrogens with zero attached hydrogens (tertiary/aromatic N) is 1. The number of para-hydroxylation sites is 1. The number of benzene rings is 2. The molecule has 0 fully saturated rings. The van der Waals surface area contributed by atoms with Crippen LogP contribution in [-0.4, -0.2) is 32.1 Å². The minimum Gasteiger partial charge on any atom is -0.493 e. The second-order valence-electron chi connectivity index (χ2n) is 5.84. The maximum absolute atomic E-state index is 12.7. The fourth-order valence-corrected chi connectivity index (χ4v) is 2.74. The molecule has 1 heterocycles. The molecule has 0 aliphatic rings. The van der Waals surface area contributed by atoms with E-state index in [-0.39, 0.29) is 5.56 Å². The highest BCUT2D eigenvalue weighted by Crippen LogP contribution is 2.28. The molecule has 3 aromatic rings. The number of hydrogen-bond donors (Lipinski definition) is 0. The molecule has 1 amide bonds. The monoisotopic (exact) mass is 353 g/mol. The maximum Gasteiger partial charge on any atom is 0.349 e. The summed E-state index contributed by atoms with van der Waals surface area (Å²) in [6.45, 7) is 0.311. The number of carbonyl (C=O) groups is 1. The summed E-state index contributed by atoms with van der Waals surface area (Å²) >= 11 is 0. The highest BCUT2D eigenvalue weighted by molar-refractivity contribution is 5.96. The van der Waals surface area contributed by atoms with Crippen molar-refractivity contribution in [1.82, 2.24) is 4.90 Å². The lowest BCUT2D eigenvalue weighted by atomic mass is 10.1. The SMILES string of the molecule is COc1ccc(CN(C)C(=O)c2cc3ccccc3oc2=O)cc1OC. The van der Waals surface area contributed by atoms with Crippen LogP contribution in [-0.2, 0) is 6.54 Å². The van der Waals surface area contributed by atoms with E-state index in [1.807, 2.05) is 12.1 Å². The number of methoxy groups -OCH3 is 2. The van der Waals surface area contributed by atoms with Crippen LogP contribution in [0.15, 0.2) is 57.7 Å². The predicted octanol–water partition coefficient (Wildman–Crippen LogP) is 3.08. The van der Waals surface area contributed by atoms with Crippen molar-refractivity contribution in [3.05, 3.63) is 70.1 Å². The van der Waals surface area contributed by atoms with Gasteiger partial charge in [-0.3, -0.25) is 4.79 Å². The zero-order valence-electron chi connectivity index (χ0n) is 14.8. The molecule has 3 rings (SSSR count). The van der Waals surface area contributed by atoms with Gasteiger partial charge in [-0.1, -0.05) is 24.3 Å². The molecule has 134 valence electrons. The third kappa shape index (κ3) is 3.39. The summed E-state index contributed by atoms with van der Waals surface area (Å²) < 4.78 is 15.7. The van der Waals surface area contributed by atoms with Crippen LogP contribution in [0.1, 0.15) is 15.9 Å². The Kier molecular flexibility index (Phi) is 4.93. The van der Waals surface area contributed by atoms with Gasteiger partial charge < -0.3 is 18.8 Å². The smallest absolute Gasteiger partial charge is 0.349 e. The maximum atomic E-state index is 12.7. The van der Waals surface area contributed by atoms with Crippen LogP contribution < -0.4 is 15.1 Å². The average molecular weight is 353 g/mol. The van der Waals surface area contributed by atoms with E-state index in [1.165, 1.54) is 4.90 Å². The van der Waals surface area contributed by atoms with Gasteiger partial charge in [0.1, 0.15) is 11.1 Å². The fourth-order valence-electron chi connectivity index (χ4n) is 2.74. The number of carbonyl (C=O) groups excluding carboxylic acids is 1. The Morgan fingerprint density at radius 3 is 2.50 bits per heavy atom. The fraction of sp³-hybridized carbons (Fsp3) is 0.200. The first-order chi connectivity index (χ1) is 12.5. The van der Waals surface area contributed by atoms with Gasteiger partial charge in [0, 0.05) is 19.0 Å². The molecule has 26 heavy (non-hydrogen) atoms. The van der Waals surface area contributed by atoms with Crippen LogP contribution in [0, 0.1) is 0 Å². The average Bonchev–Trinajstić information content (AvgIpc) is 2.66. The molecule has 0 radical (unpaired) electrons. The first kappa shape index (κ1) is 17.5. The van der Waals surface area contributed by atoms with E-state index < -0.39 is 11.5 Å². The van der Waals surface area contributed by atoms with Gasteiger partial charge >= 0.3 is 5.63 Å². The van der Waals surface area contributed by atoms with Crippen molar-refractivity contribution >= 4 is 16.9 Å². The third-order valence-electron chi connectivity index (χ3n) is 4.09. The van der Waals surface area contributed by atoms with E-state index in [4.69, 9.17) is 13.9 Å². The summed E-state index contributed by atoms with van der Waals surface area (Å²) in [5.41, 5.74) is 0.666. The van der Waals surface area contributed by atoms with Gasteiger partial charge in [0.25, 0.3) is 5.91 Å². The number of ether oxygens (including phenoxy) is 2. The van der Waals surface area contributed by atoms with Crippen LogP contribution in [0.3, 0.4) is 0 Å². The standard InChI is InChI=1S/C20H19NO5/c1-21(12-13-8-9-17(24-2)18(10-13)25-3)19(22)15-11-14-6-4-5-7-16(14)26-20(15)23/h4-11H,12H2,1-3H3. The van der Waals surface area contributed by atoms with Gasteiger partial charge in [-0.05, 0) is 29.8 Å². The lowest BCUT2D eigenvalue weighted by molar-refractivity contribution is 0.0781. The van der Waals surface area contributed by atoms with Gasteiger partial charge in [-0.25, -0.2) is 4.79 Å². The zero-order chi connectivity index (χ0) is 18.7. The second kappa shape index (κ2) is 7.31. The van der Waals surface area contributed by atoms with E-state index >= 15 is 0 Å². The summed E-state index contributed by atoms with van der Waals surface area (Å²) in [5, 5.41) is 0.704. The molecule has 0 aliphatic heterocycles. The minimum absolute atomic E-state index is 0.00618. The van der Waals surface area contributed by atoms with E-state index in [2.05, 4.69) is 0 Å². The summed E-state index contributed by atoms with van der Waals surface area (Å²) in [6.07, 6.45) is 0. The van der Waals surface area contributed by atoms with Crippen LogP contribution in [0.25, 0.3) is 11.0 Å². The van der Waals surface area contributed by atoms with E-state index in [1.54, 1.807) is 57.7 Å². The zero-order valence-corrected chi connectivity index (χ0v) is 14.8. The molecule has 0 spiro atoms. The summed E-state index contributed by atoms with van der Waals surface area (Å²) in [6, 6.07) is 14.1. The molecule has 0 N–H and O–H groups in total. The van der Waals surface area contributed by atoms with Gasteiger partial charge in [0.15, 0.2) is 11.5 Å². The summed E-state index contributed by atoms with van der Waals surface area (Å²) in [5.74, 6) is 0.788. The van der Waals surface area contributed by atoms with E-state index in [0.717, 1.165) is 5.56 Å². The van der Waals surface area contributed by atoms with Crippen molar-refractivity contribution in [3.63, 3.8) is 0 Å². The molecule has 2 aromatic carbocycles. The third-order valence-corrected chi connectivity index (χ3v) is 4.09. The second-order valence-corrected chi connectivity index (χ2v) is 5.84. The molecule has 6 heteroatoms. The van der Waals surface area contributed by atoms with Crippen LogP contribution in [0.5, 0.6) is 11.5 Å². The van der Waals surface area contributed by atoms with Crippen molar-refractivity contribution in [2.45, 2.75) is 6.54 Å². The molecule has 0 unspecified atom stereocenters. The molecular formula is C20H19NO5. The van der Waals surface area contributed by atoms with Gasteiger partial charge in [0.05, 0.1) is 14.2 Å². The van der Waals surface area contributed by atoms with E-state index in [0.29, 0.717) is 29.0 Å². The first-order valence-electron chi connectivity index (χ1n) is 8.02. The minimum atomic E-state index is -0.645. The van der Waals surface area contributed by atoms with Crippen molar-refractivity contribution < 1.29 is 18.7 Å².